The zero-order valence-corrected chi connectivity index (χ0v) is 15.5. The summed E-state index contributed by atoms with van der Waals surface area (Å²) in [5, 5.41) is 2.68. The highest BCUT2D eigenvalue weighted by atomic mass is 19.1. The maximum atomic E-state index is 13.8. The lowest BCUT2D eigenvalue weighted by Crippen LogP contribution is -2.33. The summed E-state index contributed by atoms with van der Waals surface area (Å²) in [7, 11) is 0. The molecule has 4 rings (SSSR count). The predicted molar refractivity (Wildman–Crippen MR) is 110 cm³/mol. The number of nitrogens with zero attached hydrogens (tertiary/aromatic N) is 2. The molecule has 0 radical (unpaired) electrons. The standard InChI is InChI=1S/C23H18FN3O2/c24-18-11-5-4-10-17(18)14-25-21(28)15-27-20-13-7-6-12-19(20)26-22(23(27)29)16-8-2-1-3-9-16/h1-13H,14-15H2,(H,25,28). The van der Waals surface area contributed by atoms with Crippen LogP contribution in [0.5, 0.6) is 0 Å². The van der Waals surface area contributed by atoms with Gasteiger partial charge in [-0.3, -0.25) is 14.2 Å². The van der Waals surface area contributed by atoms with Crippen LogP contribution in [0.4, 0.5) is 4.39 Å². The van der Waals surface area contributed by atoms with Crippen LogP contribution in [0.25, 0.3) is 22.3 Å². The molecule has 4 aromatic rings. The Balaban J connectivity index is 1.67. The van der Waals surface area contributed by atoms with Gasteiger partial charge in [0.1, 0.15) is 18.1 Å². The molecule has 0 saturated carbocycles. The van der Waals surface area contributed by atoms with Gasteiger partial charge in [-0.2, -0.15) is 0 Å². The van der Waals surface area contributed by atoms with E-state index in [0.717, 1.165) is 0 Å². The van der Waals surface area contributed by atoms with Gasteiger partial charge >= 0.3 is 0 Å². The molecule has 0 aliphatic carbocycles. The van der Waals surface area contributed by atoms with E-state index in [4.69, 9.17) is 0 Å². The van der Waals surface area contributed by atoms with Gasteiger partial charge < -0.3 is 5.32 Å². The third-order valence-electron chi connectivity index (χ3n) is 4.64. The zero-order valence-electron chi connectivity index (χ0n) is 15.5. The monoisotopic (exact) mass is 387 g/mol. The van der Waals surface area contributed by atoms with Crippen LogP contribution in [0.1, 0.15) is 5.56 Å². The van der Waals surface area contributed by atoms with Crippen LogP contribution in [0.3, 0.4) is 0 Å². The number of hydrogen-bond donors (Lipinski definition) is 1. The molecule has 144 valence electrons. The molecule has 0 saturated heterocycles. The number of aromatic nitrogens is 2. The number of hydrogen-bond acceptors (Lipinski definition) is 3. The van der Waals surface area contributed by atoms with E-state index < -0.39 is 0 Å². The van der Waals surface area contributed by atoms with E-state index in [0.29, 0.717) is 22.2 Å². The van der Waals surface area contributed by atoms with Crippen LogP contribution in [0.15, 0.2) is 83.7 Å². The second kappa shape index (κ2) is 8.06. The SMILES string of the molecule is O=C(Cn1c(=O)c(-c2ccccc2)nc2ccccc21)NCc1ccccc1F. The number of carbonyl (C=O) groups excluding carboxylic acids is 1. The summed E-state index contributed by atoms with van der Waals surface area (Å²) < 4.78 is 15.2. The Morgan fingerprint density at radius 2 is 1.62 bits per heavy atom. The lowest BCUT2D eigenvalue weighted by molar-refractivity contribution is -0.121. The minimum absolute atomic E-state index is 0.0504. The largest absolute Gasteiger partial charge is 0.350 e. The Bertz CT molecular complexity index is 1240. The van der Waals surface area contributed by atoms with E-state index >= 15 is 0 Å². The number of amides is 1. The fraction of sp³-hybridized carbons (Fsp3) is 0.0870. The first-order valence-corrected chi connectivity index (χ1v) is 9.18. The lowest BCUT2D eigenvalue weighted by atomic mass is 10.1. The second-order valence-electron chi connectivity index (χ2n) is 6.57. The van der Waals surface area contributed by atoms with Crippen LogP contribution in [0, 0.1) is 5.82 Å². The van der Waals surface area contributed by atoms with Gasteiger partial charge in [0.05, 0.1) is 11.0 Å². The molecule has 0 aliphatic rings. The summed E-state index contributed by atoms with van der Waals surface area (Å²) in [4.78, 5) is 30.1. The van der Waals surface area contributed by atoms with Gasteiger partial charge in [0.25, 0.3) is 5.56 Å². The van der Waals surface area contributed by atoms with Gasteiger partial charge in [-0.1, -0.05) is 60.7 Å². The van der Waals surface area contributed by atoms with Crippen molar-refractivity contribution < 1.29 is 9.18 Å². The van der Waals surface area contributed by atoms with Gasteiger partial charge in [0, 0.05) is 17.7 Å². The molecule has 0 bridgehead atoms. The van der Waals surface area contributed by atoms with Crippen molar-refractivity contribution in [3.05, 3.63) is 101 Å². The van der Waals surface area contributed by atoms with E-state index in [-0.39, 0.29) is 36.1 Å². The molecule has 29 heavy (non-hydrogen) atoms. The first kappa shape index (κ1) is 18.6. The predicted octanol–water partition coefficient (Wildman–Crippen LogP) is 3.52. The topological polar surface area (TPSA) is 64.0 Å². The highest BCUT2D eigenvalue weighted by Gasteiger charge is 2.15. The normalized spacial score (nSPS) is 10.8. The molecular formula is C23H18FN3O2. The average Bonchev–Trinajstić information content (AvgIpc) is 2.75. The number of para-hydroxylation sites is 2. The number of fused-ring (bicyclic) bond motifs is 1. The van der Waals surface area contributed by atoms with Gasteiger partial charge in [-0.15, -0.1) is 0 Å². The zero-order chi connectivity index (χ0) is 20.2. The summed E-state index contributed by atoms with van der Waals surface area (Å²) in [6.07, 6.45) is 0. The highest BCUT2D eigenvalue weighted by molar-refractivity contribution is 5.81. The van der Waals surface area contributed by atoms with Crippen molar-refractivity contribution in [3.63, 3.8) is 0 Å². The fourth-order valence-corrected chi connectivity index (χ4v) is 3.17. The smallest absolute Gasteiger partial charge is 0.278 e. The van der Waals surface area contributed by atoms with Crippen molar-refractivity contribution >= 4 is 16.9 Å². The molecule has 1 amide bonds. The molecular weight excluding hydrogens is 369 g/mol. The Hall–Kier alpha value is -3.80. The van der Waals surface area contributed by atoms with Crippen molar-refractivity contribution in [2.24, 2.45) is 0 Å². The molecule has 1 aromatic heterocycles. The third kappa shape index (κ3) is 3.91. The second-order valence-corrected chi connectivity index (χ2v) is 6.57. The molecule has 0 spiro atoms. The van der Waals surface area contributed by atoms with Gasteiger partial charge in [-0.05, 0) is 18.2 Å². The Labute approximate surface area is 166 Å². The molecule has 1 heterocycles. The number of carbonyl (C=O) groups is 1. The molecule has 6 heteroatoms. The van der Waals surface area contributed by atoms with E-state index in [1.807, 2.05) is 24.3 Å². The molecule has 0 atom stereocenters. The van der Waals surface area contributed by atoms with Crippen LogP contribution < -0.4 is 10.9 Å². The van der Waals surface area contributed by atoms with Crippen LogP contribution in [-0.2, 0) is 17.9 Å². The molecule has 1 N–H and O–H groups in total. The quantitative estimate of drug-likeness (QED) is 0.570. The van der Waals surface area contributed by atoms with E-state index in [2.05, 4.69) is 10.3 Å². The Kier molecular flexibility index (Phi) is 5.16. The lowest BCUT2D eigenvalue weighted by Gasteiger charge is -2.13. The average molecular weight is 387 g/mol. The summed E-state index contributed by atoms with van der Waals surface area (Å²) in [6.45, 7) is -0.134. The first-order chi connectivity index (χ1) is 14.1. The Morgan fingerprint density at radius 1 is 0.931 bits per heavy atom. The summed E-state index contributed by atoms with van der Waals surface area (Å²) >= 11 is 0. The van der Waals surface area contributed by atoms with Crippen molar-refractivity contribution in [2.75, 3.05) is 0 Å². The first-order valence-electron chi connectivity index (χ1n) is 9.18. The fourth-order valence-electron chi connectivity index (χ4n) is 3.17. The van der Waals surface area contributed by atoms with E-state index in [1.165, 1.54) is 10.6 Å². The molecule has 3 aromatic carbocycles. The van der Waals surface area contributed by atoms with Crippen molar-refractivity contribution in [2.45, 2.75) is 13.1 Å². The highest BCUT2D eigenvalue weighted by Crippen LogP contribution is 2.17. The Morgan fingerprint density at radius 3 is 2.41 bits per heavy atom. The summed E-state index contributed by atoms with van der Waals surface area (Å²) in [6, 6.07) is 22.6. The van der Waals surface area contributed by atoms with Gasteiger partial charge in [-0.25, -0.2) is 9.37 Å². The molecule has 5 nitrogen and oxygen atoms in total. The van der Waals surface area contributed by atoms with Crippen LogP contribution in [-0.4, -0.2) is 15.5 Å². The van der Waals surface area contributed by atoms with Crippen LogP contribution in [0.2, 0.25) is 0 Å². The number of nitrogens with one attached hydrogen (secondary N) is 1. The van der Waals surface area contributed by atoms with Crippen molar-refractivity contribution in [3.8, 4) is 11.3 Å². The van der Waals surface area contributed by atoms with Crippen molar-refractivity contribution in [1.29, 1.82) is 0 Å². The summed E-state index contributed by atoms with van der Waals surface area (Å²) in [5.41, 5.74) is 2.19. The van der Waals surface area contributed by atoms with E-state index in [1.54, 1.807) is 48.5 Å². The number of rotatable bonds is 5. The maximum Gasteiger partial charge on any atom is 0.278 e. The maximum absolute atomic E-state index is 13.8. The van der Waals surface area contributed by atoms with Gasteiger partial charge in [0.15, 0.2) is 0 Å². The summed E-state index contributed by atoms with van der Waals surface area (Å²) in [5.74, 6) is -0.767. The van der Waals surface area contributed by atoms with Gasteiger partial charge in [0.2, 0.25) is 5.91 Å². The molecule has 0 fully saturated rings. The number of benzene rings is 3. The minimum atomic E-state index is -0.384. The third-order valence-corrected chi connectivity index (χ3v) is 4.64. The minimum Gasteiger partial charge on any atom is -0.350 e. The van der Waals surface area contributed by atoms with Crippen molar-refractivity contribution in [1.82, 2.24) is 14.9 Å². The van der Waals surface area contributed by atoms with E-state index in [9.17, 15) is 14.0 Å². The molecule has 0 unspecified atom stereocenters. The van der Waals surface area contributed by atoms with Crippen LogP contribution >= 0.6 is 0 Å². The number of halogens is 1. The molecule has 0 aliphatic heterocycles.